The topological polar surface area (TPSA) is 68.5 Å². The number of piperidine rings is 1. The molecule has 1 aromatic rings. The Kier molecular flexibility index (Phi) is 3.63. The van der Waals surface area contributed by atoms with Crippen molar-refractivity contribution >= 4 is 22.4 Å². The van der Waals surface area contributed by atoms with Gasteiger partial charge in [-0.05, 0) is 12.3 Å². The molecular weight excluding hydrogens is 238 g/mol. The minimum absolute atomic E-state index is 0.0492. The number of thiazole rings is 1. The smallest absolute Gasteiger partial charge is 0.273 e. The number of nitrogens with zero attached hydrogens (tertiary/aromatic N) is 2. The zero-order valence-corrected chi connectivity index (χ0v) is 10.9. The van der Waals surface area contributed by atoms with Gasteiger partial charge in [-0.1, -0.05) is 6.92 Å². The predicted octanol–water partition coefficient (Wildman–Crippen LogP) is 1.22. The monoisotopic (exact) mass is 255 g/mol. The van der Waals surface area contributed by atoms with E-state index in [4.69, 9.17) is 10.5 Å². The maximum atomic E-state index is 12.1. The standard InChI is InChI=1S/C11H17N3O2S/c1-7-3-4-14(5-9(7)16-2)10(15)8-6-17-11(12)13-8/h6-7,9H,3-5H2,1-2H3,(H2,12,13). The van der Waals surface area contributed by atoms with Gasteiger partial charge in [0.05, 0.1) is 6.10 Å². The van der Waals surface area contributed by atoms with E-state index >= 15 is 0 Å². The highest BCUT2D eigenvalue weighted by Crippen LogP contribution is 2.21. The van der Waals surface area contributed by atoms with E-state index in [2.05, 4.69) is 11.9 Å². The van der Waals surface area contributed by atoms with E-state index in [0.717, 1.165) is 13.0 Å². The second-order valence-electron chi connectivity index (χ2n) is 4.36. The van der Waals surface area contributed by atoms with Gasteiger partial charge in [0.1, 0.15) is 5.69 Å². The lowest BCUT2D eigenvalue weighted by atomic mass is 9.95. The number of rotatable bonds is 2. The second-order valence-corrected chi connectivity index (χ2v) is 5.25. The fourth-order valence-corrected chi connectivity index (χ4v) is 2.61. The third-order valence-electron chi connectivity index (χ3n) is 3.22. The van der Waals surface area contributed by atoms with Crippen molar-refractivity contribution in [2.75, 3.05) is 25.9 Å². The van der Waals surface area contributed by atoms with Crippen LogP contribution in [-0.2, 0) is 4.74 Å². The molecule has 94 valence electrons. The molecule has 2 rings (SSSR count). The zero-order chi connectivity index (χ0) is 12.4. The lowest BCUT2D eigenvalue weighted by molar-refractivity contribution is -0.00174. The summed E-state index contributed by atoms with van der Waals surface area (Å²) < 4.78 is 5.39. The molecule has 0 aliphatic carbocycles. The minimum Gasteiger partial charge on any atom is -0.379 e. The Hall–Kier alpha value is -1.14. The molecule has 2 unspecified atom stereocenters. The minimum atomic E-state index is -0.0492. The molecule has 0 aromatic carbocycles. The first-order valence-electron chi connectivity index (χ1n) is 5.65. The highest BCUT2D eigenvalue weighted by molar-refractivity contribution is 7.13. The number of hydrogen-bond acceptors (Lipinski definition) is 5. The van der Waals surface area contributed by atoms with E-state index in [1.54, 1.807) is 17.4 Å². The summed E-state index contributed by atoms with van der Waals surface area (Å²) in [5, 5.41) is 2.14. The zero-order valence-electron chi connectivity index (χ0n) is 10.0. The Bertz CT molecular complexity index is 407. The van der Waals surface area contributed by atoms with Crippen LogP contribution in [0.25, 0.3) is 0 Å². The average molecular weight is 255 g/mol. The maximum Gasteiger partial charge on any atom is 0.273 e. The third-order valence-corrected chi connectivity index (χ3v) is 3.89. The normalized spacial score (nSPS) is 24.9. The lowest BCUT2D eigenvalue weighted by Crippen LogP contribution is -2.46. The molecule has 5 nitrogen and oxygen atoms in total. The molecule has 1 aromatic heterocycles. The summed E-state index contributed by atoms with van der Waals surface area (Å²) in [6.07, 6.45) is 1.08. The van der Waals surface area contributed by atoms with Crippen LogP contribution >= 0.6 is 11.3 Å². The first-order chi connectivity index (χ1) is 8.11. The summed E-state index contributed by atoms with van der Waals surface area (Å²) in [4.78, 5) is 18.0. The number of anilines is 1. The largest absolute Gasteiger partial charge is 0.379 e. The SMILES string of the molecule is COC1CN(C(=O)c2csc(N)n2)CCC1C. The van der Waals surface area contributed by atoms with Gasteiger partial charge in [0, 0.05) is 25.6 Å². The number of amides is 1. The summed E-state index contributed by atoms with van der Waals surface area (Å²) in [5.74, 6) is 0.441. The van der Waals surface area contributed by atoms with Gasteiger partial charge < -0.3 is 15.4 Å². The first-order valence-corrected chi connectivity index (χ1v) is 6.53. The van der Waals surface area contributed by atoms with Crippen molar-refractivity contribution in [1.82, 2.24) is 9.88 Å². The van der Waals surface area contributed by atoms with E-state index in [1.807, 2.05) is 0 Å². The van der Waals surface area contributed by atoms with E-state index in [9.17, 15) is 4.79 Å². The molecule has 1 amide bonds. The van der Waals surface area contributed by atoms with Crippen LogP contribution in [0.1, 0.15) is 23.8 Å². The van der Waals surface area contributed by atoms with Crippen molar-refractivity contribution in [1.29, 1.82) is 0 Å². The van der Waals surface area contributed by atoms with Crippen LogP contribution in [0.2, 0.25) is 0 Å². The summed E-state index contributed by atoms with van der Waals surface area (Å²) >= 11 is 1.29. The fraction of sp³-hybridized carbons (Fsp3) is 0.636. The van der Waals surface area contributed by atoms with Crippen molar-refractivity contribution in [3.05, 3.63) is 11.1 Å². The van der Waals surface area contributed by atoms with Crippen molar-refractivity contribution in [3.63, 3.8) is 0 Å². The van der Waals surface area contributed by atoms with Crippen LogP contribution in [-0.4, -0.2) is 42.1 Å². The molecule has 1 saturated heterocycles. The van der Waals surface area contributed by atoms with Crippen LogP contribution < -0.4 is 5.73 Å². The van der Waals surface area contributed by atoms with Gasteiger partial charge >= 0.3 is 0 Å². The summed E-state index contributed by atoms with van der Waals surface area (Å²) in [6, 6.07) is 0. The van der Waals surface area contributed by atoms with Crippen LogP contribution in [0.4, 0.5) is 5.13 Å². The van der Waals surface area contributed by atoms with Gasteiger partial charge in [-0.25, -0.2) is 4.98 Å². The van der Waals surface area contributed by atoms with Gasteiger partial charge in [-0.15, -0.1) is 11.3 Å². The molecule has 1 aliphatic heterocycles. The first kappa shape index (κ1) is 12.3. The van der Waals surface area contributed by atoms with Gasteiger partial charge in [0.2, 0.25) is 0 Å². The van der Waals surface area contributed by atoms with Crippen molar-refractivity contribution < 1.29 is 9.53 Å². The number of ether oxygens (including phenoxy) is 1. The Morgan fingerprint density at radius 2 is 2.47 bits per heavy atom. The van der Waals surface area contributed by atoms with Crippen LogP contribution in [0, 0.1) is 5.92 Å². The predicted molar refractivity (Wildman–Crippen MR) is 67.0 cm³/mol. The highest BCUT2D eigenvalue weighted by Gasteiger charge is 2.29. The van der Waals surface area contributed by atoms with Gasteiger partial charge in [-0.3, -0.25) is 4.79 Å². The van der Waals surface area contributed by atoms with E-state index in [1.165, 1.54) is 11.3 Å². The number of nitrogens with two attached hydrogens (primary N) is 1. The van der Waals surface area contributed by atoms with Crippen LogP contribution in [0.3, 0.4) is 0 Å². The quantitative estimate of drug-likeness (QED) is 0.862. The fourth-order valence-electron chi connectivity index (χ4n) is 2.07. The maximum absolute atomic E-state index is 12.1. The van der Waals surface area contributed by atoms with Crippen molar-refractivity contribution in [2.24, 2.45) is 5.92 Å². The Morgan fingerprint density at radius 3 is 3.06 bits per heavy atom. The number of hydrogen-bond donors (Lipinski definition) is 1. The number of likely N-dealkylation sites (tertiary alicyclic amines) is 1. The van der Waals surface area contributed by atoms with Crippen LogP contribution in [0.15, 0.2) is 5.38 Å². The molecule has 0 saturated carbocycles. The second kappa shape index (κ2) is 5.01. The molecular formula is C11H17N3O2S. The van der Waals surface area contributed by atoms with Crippen molar-refractivity contribution in [2.45, 2.75) is 19.4 Å². The molecule has 0 spiro atoms. The van der Waals surface area contributed by atoms with Crippen LogP contribution in [0.5, 0.6) is 0 Å². The summed E-state index contributed by atoms with van der Waals surface area (Å²) in [6.45, 7) is 3.54. The number of aromatic nitrogens is 1. The van der Waals surface area contributed by atoms with Gasteiger partial charge in [0.25, 0.3) is 5.91 Å². The number of nitrogen functional groups attached to an aromatic ring is 1. The molecule has 2 N–H and O–H groups in total. The number of carbonyl (C=O) groups is 1. The van der Waals surface area contributed by atoms with E-state index in [0.29, 0.717) is 23.3 Å². The van der Waals surface area contributed by atoms with Crippen molar-refractivity contribution in [3.8, 4) is 0 Å². The third kappa shape index (κ3) is 2.58. The molecule has 2 atom stereocenters. The molecule has 1 fully saturated rings. The van der Waals surface area contributed by atoms with E-state index in [-0.39, 0.29) is 12.0 Å². The van der Waals surface area contributed by atoms with Gasteiger partial charge in [0.15, 0.2) is 5.13 Å². The summed E-state index contributed by atoms with van der Waals surface area (Å²) in [7, 11) is 1.69. The Labute approximate surface area is 105 Å². The highest BCUT2D eigenvalue weighted by atomic mass is 32.1. The molecule has 6 heteroatoms. The average Bonchev–Trinajstić information content (AvgIpc) is 2.75. The molecule has 2 heterocycles. The van der Waals surface area contributed by atoms with Gasteiger partial charge in [-0.2, -0.15) is 0 Å². The molecule has 1 aliphatic rings. The number of carbonyl (C=O) groups excluding carboxylic acids is 1. The van der Waals surface area contributed by atoms with E-state index < -0.39 is 0 Å². The Balaban J connectivity index is 2.05. The number of methoxy groups -OCH3 is 1. The lowest BCUT2D eigenvalue weighted by Gasteiger charge is -2.35. The molecule has 17 heavy (non-hydrogen) atoms. The molecule has 0 bridgehead atoms. The summed E-state index contributed by atoms with van der Waals surface area (Å²) in [5.41, 5.74) is 5.98. The molecule has 0 radical (unpaired) electrons. The Morgan fingerprint density at radius 1 is 1.71 bits per heavy atom.